The molecule has 0 aliphatic rings. The first-order chi connectivity index (χ1) is 20.1. The van der Waals surface area contributed by atoms with E-state index in [1.165, 1.54) is 87.3 Å². The molecule has 3 aromatic rings. The fraction of sp³-hybridized carbons (Fsp3) is 0.500. The van der Waals surface area contributed by atoms with E-state index in [0.717, 1.165) is 36.3 Å². The van der Waals surface area contributed by atoms with Crippen LogP contribution in [0.5, 0.6) is 5.75 Å². The van der Waals surface area contributed by atoms with Crippen LogP contribution in [0.1, 0.15) is 122 Å². The van der Waals surface area contributed by atoms with E-state index in [1.807, 2.05) is 13.8 Å². The van der Waals surface area contributed by atoms with Crippen LogP contribution in [0.3, 0.4) is 0 Å². The quantitative estimate of drug-likeness (QED) is 0.103. The van der Waals surface area contributed by atoms with Gasteiger partial charge in [0.05, 0.1) is 6.61 Å². The average molecular weight is 557 g/mol. The molecule has 3 heteroatoms. The molecule has 0 amide bonds. The number of hydrogen-bond donors (Lipinski definition) is 0. The summed E-state index contributed by atoms with van der Waals surface area (Å²) in [7, 11) is 0. The summed E-state index contributed by atoms with van der Waals surface area (Å²) in [5, 5.41) is 0. The van der Waals surface area contributed by atoms with E-state index in [-0.39, 0.29) is 12.1 Å². The lowest BCUT2D eigenvalue weighted by atomic mass is 9.94. The van der Waals surface area contributed by atoms with Gasteiger partial charge in [-0.3, -0.25) is 4.79 Å². The zero-order valence-electron chi connectivity index (χ0n) is 25.8. The summed E-state index contributed by atoms with van der Waals surface area (Å²) < 4.78 is 11.6. The van der Waals surface area contributed by atoms with Crippen molar-refractivity contribution in [2.75, 3.05) is 6.61 Å². The van der Waals surface area contributed by atoms with Crippen molar-refractivity contribution in [1.29, 1.82) is 0 Å². The van der Waals surface area contributed by atoms with Crippen molar-refractivity contribution in [2.24, 2.45) is 0 Å². The van der Waals surface area contributed by atoms with Crippen LogP contribution in [0, 0.1) is 0 Å². The van der Waals surface area contributed by atoms with Crippen molar-refractivity contribution in [1.82, 2.24) is 0 Å². The van der Waals surface area contributed by atoms with Gasteiger partial charge in [0.25, 0.3) is 0 Å². The molecule has 1 atom stereocenters. The van der Waals surface area contributed by atoms with Gasteiger partial charge in [0.2, 0.25) is 0 Å². The normalized spacial score (nSPS) is 11.8. The highest BCUT2D eigenvalue weighted by Crippen LogP contribution is 2.33. The van der Waals surface area contributed by atoms with Gasteiger partial charge < -0.3 is 9.47 Å². The Bertz CT molecular complexity index is 1120. The largest absolute Gasteiger partial charge is 0.494 e. The highest BCUT2D eigenvalue weighted by Gasteiger charge is 2.12. The summed E-state index contributed by atoms with van der Waals surface area (Å²) in [6.45, 7) is 6.98. The topological polar surface area (TPSA) is 35.5 Å². The van der Waals surface area contributed by atoms with Crippen LogP contribution in [0.2, 0.25) is 0 Å². The van der Waals surface area contributed by atoms with Gasteiger partial charge in [0.1, 0.15) is 11.9 Å². The van der Waals surface area contributed by atoms with E-state index >= 15 is 0 Å². The maximum Gasteiger partial charge on any atom is 0.306 e. The fourth-order valence-electron chi connectivity index (χ4n) is 5.31. The van der Waals surface area contributed by atoms with Crippen molar-refractivity contribution in [3.8, 4) is 28.0 Å². The Kier molecular flexibility index (Phi) is 15.1. The summed E-state index contributed by atoms with van der Waals surface area (Å²) in [6.07, 6.45) is 17.2. The number of carbonyl (C=O) groups excluding carboxylic acids is 1. The molecule has 1 unspecified atom stereocenters. The van der Waals surface area contributed by atoms with Gasteiger partial charge in [0, 0.05) is 6.42 Å². The molecule has 41 heavy (non-hydrogen) atoms. The lowest BCUT2D eigenvalue weighted by Gasteiger charge is -2.15. The molecule has 0 saturated heterocycles. The molecular formula is C38H52O3. The average Bonchev–Trinajstić information content (AvgIpc) is 3.00. The van der Waals surface area contributed by atoms with E-state index in [9.17, 15) is 4.79 Å². The lowest BCUT2D eigenvalue weighted by Crippen LogP contribution is -2.08. The molecular weight excluding hydrogens is 504 g/mol. The van der Waals surface area contributed by atoms with E-state index in [1.54, 1.807) is 0 Å². The molecule has 3 aromatic carbocycles. The minimum atomic E-state index is -0.249. The Hall–Kier alpha value is -3.07. The maximum atomic E-state index is 11.9. The Morgan fingerprint density at radius 3 is 1.61 bits per heavy atom. The molecule has 3 nitrogen and oxygen atoms in total. The number of esters is 1. The molecule has 0 aliphatic carbocycles. The molecule has 0 heterocycles. The zero-order valence-corrected chi connectivity index (χ0v) is 25.8. The molecule has 0 N–H and O–H groups in total. The van der Waals surface area contributed by atoms with Crippen molar-refractivity contribution in [3.63, 3.8) is 0 Å². The lowest BCUT2D eigenvalue weighted by molar-refractivity contribution is -0.148. The monoisotopic (exact) mass is 556 g/mol. The third kappa shape index (κ3) is 11.7. The van der Waals surface area contributed by atoms with E-state index in [0.29, 0.717) is 6.42 Å². The van der Waals surface area contributed by atoms with Crippen LogP contribution in [-0.4, -0.2) is 12.6 Å². The molecule has 222 valence electrons. The summed E-state index contributed by atoms with van der Waals surface area (Å²) in [6, 6.07) is 25.3. The number of carbonyl (C=O) groups is 1. The van der Waals surface area contributed by atoms with Crippen LogP contribution in [-0.2, 0) is 9.53 Å². The third-order valence-electron chi connectivity index (χ3n) is 7.81. The fourth-order valence-corrected chi connectivity index (χ4v) is 5.31. The summed E-state index contributed by atoms with van der Waals surface area (Å²) >= 11 is 0. The Balaban J connectivity index is 1.42. The Labute approximate surface area is 249 Å². The minimum absolute atomic E-state index is 0.143. The van der Waals surface area contributed by atoms with Crippen LogP contribution >= 0.6 is 0 Å². The van der Waals surface area contributed by atoms with Crippen molar-refractivity contribution in [3.05, 3.63) is 78.4 Å². The molecule has 0 bridgehead atoms. The SMILES string of the molecule is CCCCCCCCCCCCCCOc1ccc(-c2ccccc2-c2ccc(C(C)OC(=O)CCC)cc2)cc1. The van der Waals surface area contributed by atoms with E-state index in [4.69, 9.17) is 9.47 Å². The Morgan fingerprint density at radius 1 is 0.610 bits per heavy atom. The molecule has 0 saturated carbocycles. The predicted octanol–water partition coefficient (Wildman–Crippen LogP) is 11.5. The van der Waals surface area contributed by atoms with Crippen LogP contribution in [0.15, 0.2) is 72.8 Å². The van der Waals surface area contributed by atoms with Crippen LogP contribution < -0.4 is 4.74 Å². The second-order valence-corrected chi connectivity index (χ2v) is 11.3. The van der Waals surface area contributed by atoms with E-state index in [2.05, 4.69) is 79.7 Å². The first-order valence-electron chi connectivity index (χ1n) is 16.2. The van der Waals surface area contributed by atoms with Crippen molar-refractivity contribution in [2.45, 2.75) is 117 Å². The van der Waals surface area contributed by atoms with Gasteiger partial charge in [-0.15, -0.1) is 0 Å². The first kappa shape index (κ1) is 32.4. The molecule has 0 fully saturated rings. The maximum absolute atomic E-state index is 11.9. The number of rotatable bonds is 20. The molecule has 0 aliphatic heterocycles. The second-order valence-electron chi connectivity index (χ2n) is 11.3. The smallest absolute Gasteiger partial charge is 0.306 e. The number of benzene rings is 3. The Morgan fingerprint density at radius 2 is 1.10 bits per heavy atom. The highest BCUT2D eigenvalue weighted by molar-refractivity contribution is 5.83. The van der Waals surface area contributed by atoms with Crippen LogP contribution in [0.4, 0.5) is 0 Å². The van der Waals surface area contributed by atoms with Gasteiger partial charge in [0.15, 0.2) is 0 Å². The number of hydrogen-bond acceptors (Lipinski definition) is 3. The van der Waals surface area contributed by atoms with Gasteiger partial charge in [-0.25, -0.2) is 0 Å². The third-order valence-corrected chi connectivity index (χ3v) is 7.81. The molecule has 3 rings (SSSR count). The first-order valence-corrected chi connectivity index (χ1v) is 16.2. The van der Waals surface area contributed by atoms with Crippen molar-refractivity contribution < 1.29 is 14.3 Å². The second kappa shape index (κ2) is 19.1. The molecule has 0 spiro atoms. The van der Waals surface area contributed by atoms with Gasteiger partial charge >= 0.3 is 5.97 Å². The summed E-state index contributed by atoms with van der Waals surface area (Å²) in [4.78, 5) is 11.9. The zero-order chi connectivity index (χ0) is 29.1. The molecule has 0 radical (unpaired) electrons. The summed E-state index contributed by atoms with van der Waals surface area (Å²) in [5.41, 5.74) is 5.69. The number of ether oxygens (including phenoxy) is 2. The minimum Gasteiger partial charge on any atom is -0.494 e. The van der Waals surface area contributed by atoms with Gasteiger partial charge in [-0.1, -0.05) is 145 Å². The summed E-state index contributed by atoms with van der Waals surface area (Å²) in [5.74, 6) is 0.793. The van der Waals surface area contributed by atoms with Gasteiger partial charge in [-0.05, 0) is 59.7 Å². The van der Waals surface area contributed by atoms with Crippen LogP contribution in [0.25, 0.3) is 22.3 Å². The standard InChI is InChI=1S/C38H52O3/c1-4-6-7-8-9-10-11-12-13-14-15-18-30-40-35-28-26-34(27-29-35)37-21-17-16-20-36(37)33-24-22-32(23-25-33)31(3)41-38(39)19-5-2/h16-17,20-29,31H,4-15,18-19,30H2,1-3H3. The highest BCUT2D eigenvalue weighted by atomic mass is 16.5. The van der Waals surface area contributed by atoms with E-state index < -0.39 is 0 Å². The molecule has 0 aromatic heterocycles. The van der Waals surface area contributed by atoms with Crippen molar-refractivity contribution >= 4 is 5.97 Å². The van der Waals surface area contributed by atoms with Gasteiger partial charge in [-0.2, -0.15) is 0 Å². The predicted molar refractivity (Wildman–Crippen MR) is 173 cm³/mol. The number of unbranched alkanes of at least 4 members (excludes halogenated alkanes) is 11.